The van der Waals surface area contributed by atoms with Crippen LogP contribution in [0.25, 0.3) is 55.6 Å². The molecular weight excluding hydrogens is 552 g/mol. The van der Waals surface area contributed by atoms with E-state index < -0.39 is 0 Å². The molecule has 4 aromatic carbocycles. The number of likely N-dealkylation sites (N-methyl/N-ethyl adjacent to an activating group) is 2. The predicted octanol–water partition coefficient (Wildman–Crippen LogP) is 4.51. The van der Waals surface area contributed by atoms with Gasteiger partial charge in [-0.15, -0.1) is 0 Å². The van der Waals surface area contributed by atoms with Gasteiger partial charge < -0.3 is 30.4 Å². The van der Waals surface area contributed by atoms with Gasteiger partial charge in [0.2, 0.25) is 0 Å². The second kappa shape index (κ2) is 12.3. The summed E-state index contributed by atoms with van der Waals surface area (Å²) in [5.74, 6) is 1.29. The van der Waals surface area contributed by atoms with Crippen LogP contribution in [0.4, 0.5) is 0 Å². The van der Waals surface area contributed by atoms with Crippen LogP contribution in [0, 0.1) is 0 Å². The zero-order chi connectivity index (χ0) is 30.8. The summed E-state index contributed by atoms with van der Waals surface area (Å²) in [4.78, 5) is 45.5. The molecule has 2 aromatic heterocycles. The van der Waals surface area contributed by atoms with Crippen LogP contribution in [0.1, 0.15) is 20.7 Å². The Morgan fingerprint density at radius 3 is 1.45 bits per heavy atom. The summed E-state index contributed by atoms with van der Waals surface area (Å²) in [7, 11) is 7.91. The van der Waals surface area contributed by atoms with Gasteiger partial charge in [-0.05, 0) is 87.5 Å². The van der Waals surface area contributed by atoms with Crippen LogP contribution in [0.5, 0.6) is 0 Å². The molecule has 0 atom stereocenters. The van der Waals surface area contributed by atoms with Crippen LogP contribution >= 0.6 is 0 Å². The fourth-order valence-corrected chi connectivity index (χ4v) is 5.11. The fourth-order valence-electron chi connectivity index (χ4n) is 5.11. The highest BCUT2D eigenvalue weighted by molar-refractivity contribution is 5.99. The number of carbonyl (C=O) groups excluding carboxylic acids is 2. The van der Waals surface area contributed by atoms with E-state index in [-0.39, 0.29) is 11.8 Å². The Morgan fingerprint density at radius 1 is 0.614 bits per heavy atom. The molecule has 0 spiro atoms. The molecule has 6 rings (SSSR count). The molecule has 0 radical (unpaired) electrons. The van der Waals surface area contributed by atoms with Crippen LogP contribution < -0.4 is 10.6 Å². The van der Waals surface area contributed by atoms with Crippen LogP contribution in [0.3, 0.4) is 0 Å². The molecule has 0 aliphatic rings. The van der Waals surface area contributed by atoms with E-state index in [9.17, 15) is 9.59 Å². The molecule has 224 valence electrons. The fraction of sp³-hybridized carbons (Fsp3) is 0.235. The molecule has 0 bridgehead atoms. The molecule has 10 heteroatoms. The van der Waals surface area contributed by atoms with Gasteiger partial charge in [-0.2, -0.15) is 0 Å². The standard InChI is InChI=1S/C34H36N8O2/c1-41(2)15-13-35-33(43)25-9-11-27-29(19-25)39-31(37-27)23-7-5-22-18-24(8-6-21(22)17-23)32-38-28-12-10-26(20-30(28)40-32)34(44)36-14-16-42(3)4/h5-12,17-20H,13-16H2,1-4H3,(H,35,43)(H,36,44)(H,37,39)(H,38,40). The lowest BCUT2D eigenvalue weighted by atomic mass is 10.0. The molecule has 2 heterocycles. The first-order chi connectivity index (χ1) is 21.2. The summed E-state index contributed by atoms with van der Waals surface area (Å²) in [5, 5.41) is 8.05. The highest BCUT2D eigenvalue weighted by atomic mass is 16.2. The Kier molecular flexibility index (Phi) is 8.10. The third kappa shape index (κ3) is 6.31. The van der Waals surface area contributed by atoms with Crippen molar-refractivity contribution >= 4 is 44.7 Å². The Morgan fingerprint density at radius 2 is 1.05 bits per heavy atom. The first-order valence-corrected chi connectivity index (χ1v) is 14.6. The molecule has 0 aliphatic carbocycles. The minimum Gasteiger partial charge on any atom is -0.351 e. The molecule has 0 saturated carbocycles. The summed E-state index contributed by atoms with van der Waals surface area (Å²) in [6.07, 6.45) is 0. The molecule has 6 aromatic rings. The SMILES string of the molecule is CN(C)CCNC(=O)c1ccc2nc(-c3ccc4cc(-c5nc6ccc(C(=O)NCCN(C)C)cc6[nH]5)ccc4c3)[nH]c2c1. The van der Waals surface area contributed by atoms with Crippen LogP contribution in [0.15, 0.2) is 72.8 Å². The van der Waals surface area contributed by atoms with Crippen LogP contribution in [-0.2, 0) is 0 Å². The molecule has 2 amide bonds. The van der Waals surface area contributed by atoms with Gasteiger partial charge in [0.15, 0.2) is 0 Å². The summed E-state index contributed by atoms with van der Waals surface area (Å²) >= 11 is 0. The summed E-state index contributed by atoms with van der Waals surface area (Å²) in [6, 6.07) is 23.5. The average Bonchev–Trinajstić information content (AvgIpc) is 3.64. The van der Waals surface area contributed by atoms with Crippen molar-refractivity contribution in [3.63, 3.8) is 0 Å². The number of H-pyrrole nitrogens is 2. The minimum atomic E-state index is -0.0996. The first kappa shape index (κ1) is 29.0. The molecule has 0 saturated heterocycles. The topological polar surface area (TPSA) is 122 Å². The van der Waals surface area contributed by atoms with Crippen LogP contribution in [0.2, 0.25) is 0 Å². The Labute approximate surface area is 255 Å². The van der Waals surface area contributed by atoms with Crippen molar-refractivity contribution in [3.05, 3.63) is 83.9 Å². The number of rotatable bonds is 10. The van der Waals surface area contributed by atoms with Gasteiger partial charge in [0.1, 0.15) is 11.6 Å². The number of carbonyl (C=O) groups is 2. The van der Waals surface area contributed by atoms with Gasteiger partial charge in [0.05, 0.1) is 22.1 Å². The number of fused-ring (bicyclic) bond motifs is 3. The molecule has 4 N–H and O–H groups in total. The van der Waals surface area contributed by atoms with Crippen molar-refractivity contribution in [2.24, 2.45) is 0 Å². The van der Waals surface area contributed by atoms with E-state index in [0.29, 0.717) is 24.2 Å². The van der Waals surface area contributed by atoms with E-state index in [4.69, 9.17) is 9.97 Å². The number of amides is 2. The van der Waals surface area contributed by atoms with Crippen molar-refractivity contribution in [1.82, 2.24) is 40.4 Å². The summed E-state index contributed by atoms with van der Waals surface area (Å²) < 4.78 is 0. The van der Waals surface area contributed by atoms with E-state index in [2.05, 4.69) is 44.9 Å². The number of benzene rings is 4. The molecule has 0 unspecified atom stereocenters. The van der Waals surface area contributed by atoms with Crippen molar-refractivity contribution in [1.29, 1.82) is 0 Å². The van der Waals surface area contributed by atoms with Gasteiger partial charge in [0, 0.05) is 48.4 Å². The van der Waals surface area contributed by atoms with E-state index in [0.717, 1.165) is 68.7 Å². The number of imidazole rings is 2. The van der Waals surface area contributed by atoms with Gasteiger partial charge in [-0.3, -0.25) is 9.59 Å². The van der Waals surface area contributed by atoms with Crippen LogP contribution in [-0.4, -0.2) is 95.9 Å². The van der Waals surface area contributed by atoms with Gasteiger partial charge in [0.25, 0.3) is 11.8 Å². The monoisotopic (exact) mass is 588 g/mol. The maximum Gasteiger partial charge on any atom is 0.251 e. The van der Waals surface area contributed by atoms with E-state index in [1.165, 1.54) is 0 Å². The van der Waals surface area contributed by atoms with E-state index >= 15 is 0 Å². The quantitative estimate of drug-likeness (QED) is 0.187. The zero-order valence-corrected chi connectivity index (χ0v) is 25.4. The average molecular weight is 589 g/mol. The van der Waals surface area contributed by atoms with Gasteiger partial charge >= 0.3 is 0 Å². The molecular formula is C34H36N8O2. The Bertz CT molecular complexity index is 1850. The smallest absolute Gasteiger partial charge is 0.251 e. The van der Waals surface area contributed by atoms with Crippen molar-refractivity contribution in [3.8, 4) is 22.8 Å². The van der Waals surface area contributed by atoms with Gasteiger partial charge in [-0.1, -0.05) is 24.3 Å². The van der Waals surface area contributed by atoms with Crippen molar-refractivity contribution in [2.75, 3.05) is 54.4 Å². The second-order valence-corrected chi connectivity index (χ2v) is 11.5. The maximum atomic E-state index is 12.6. The number of aromatic amines is 2. The predicted molar refractivity (Wildman–Crippen MR) is 176 cm³/mol. The normalized spacial score (nSPS) is 11.7. The number of hydrogen-bond acceptors (Lipinski definition) is 6. The van der Waals surface area contributed by atoms with E-state index in [1.807, 2.05) is 74.4 Å². The Hall–Kier alpha value is -5.06. The third-order valence-electron chi connectivity index (χ3n) is 7.56. The number of hydrogen-bond donors (Lipinski definition) is 4. The number of nitrogens with zero attached hydrogens (tertiary/aromatic N) is 4. The lowest BCUT2D eigenvalue weighted by molar-refractivity contribution is 0.0943. The summed E-state index contributed by atoms with van der Waals surface area (Å²) in [5.41, 5.74) is 6.35. The molecule has 0 aliphatic heterocycles. The largest absolute Gasteiger partial charge is 0.351 e. The van der Waals surface area contributed by atoms with E-state index in [1.54, 1.807) is 12.1 Å². The third-order valence-corrected chi connectivity index (χ3v) is 7.56. The lowest BCUT2D eigenvalue weighted by Gasteiger charge is -2.10. The Balaban J connectivity index is 1.20. The molecule has 10 nitrogen and oxygen atoms in total. The maximum absolute atomic E-state index is 12.6. The number of nitrogens with one attached hydrogen (secondary N) is 4. The highest BCUT2D eigenvalue weighted by Crippen LogP contribution is 2.29. The highest BCUT2D eigenvalue weighted by Gasteiger charge is 2.13. The molecule has 44 heavy (non-hydrogen) atoms. The summed E-state index contributed by atoms with van der Waals surface area (Å²) in [6.45, 7) is 2.74. The van der Waals surface area contributed by atoms with Crippen molar-refractivity contribution in [2.45, 2.75) is 0 Å². The number of aromatic nitrogens is 4. The lowest BCUT2D eigenvalue weighted by Crippen LogP contribution is -2.31. The minimum absolute atomic E-state index is 0.0996. The first-order valence-electron chi connectivity index (χ1n) is 14.6. The van der Waals surface area contributed by atoms with Gasteiger partial charge in [-0.25, -0.2) is 9.97 Å². The molecule has 0 fully saturated rings. The zero-order valence-electron chi connectivity index (χ0n) is 25.4. The van der Waals surface area contributed by atoms with Crippen molar-refractivity contribution < 1.29 is 9.59 Å². The second-order valence-electron chi connectivity index (χ2n) is 11.5.